The lowest BCUT2D eigenvalue weighted by atomic mass is 10.0. The zero-order valence-corrected chi connectivity index (χ0v) is 20.2. The summed E-state index contributed by atoms with van der Waals surface area (Å²) in [7, 11) is 0. The highest BCUT2D eigenvalue weighted by Gasteiger charge is 2.37. The molecule has 0 bridgehead atoms. The molecule has 2 aromatic carbocycles. The van der Waals surface area contributed by atoms with Gasteiger partial charge in [-0.15, -0.1) is 0 Å². The molecule has 2 amide bonds. The van der Waals surface area contributed by atoms with E-state index in [9.17, 15) is 35.9 Å². The van der Waals surface area contributed by atoms with E-state index in [-0.39, 0.29) is 18.9 Å². The van der Waals surface area contributed by atoms with Crippen LogP contribution in [0.1, 0.15) is 27.9 Å². The van der Waals surface area contributed by atoms with Crippen LogP contribution in [0.15, 0.2) is 73.1 Å². The van der Waals surface area contributed by atoms with Crippen molar-refractivity contribution in [2.24, 2.45) is 0 Å². The number of benzene rings is 2. The lowest BCUT2D eigenvalue weighted by molar-refractivity contribution is -0.143. The van der Waals surface area contributed by atoms with Crippen molar-refractivity contribution in [2.45, 2.75) is 37.8 Å². The predicted octanol–water partition coefficient (Wildman–Crippen LogP) is 5.19. The van der Waals surface area contributed by atoms with Crippen molar-refractivity contribution >= 4 is 22.7 Å². The molecule has 2 aromatic heterocycles. The SMILES string of the molecule is O=C(Cc1ccccn1)NC(Cc1c[nH]c2ccccc12)C(=O)NCc1cc(C(F)(F)F)cc(C(F)(F)F)c1. The maximum absolute atomic E-state index is 13.2. The third-order valence-electron chi connectivity index (χ3n) is 5.93. The topological polar surface area (TPSA) is 86.9 Å². The number of hydrogen-bond acceptors (Lipinski definition) is 3. The minimum atomic E-state index is -5.02. The molecule has 39 heavy (non-hydrogen) atoms. The molecule has 12 heteroatoms. The molecule has 4 rings (SSSR count). The number of carbonyl (C=O) groups excluding carboxylic acids is 2. The Labute approximate surface area is 218 Å². The first-order valence-electron chi connectivity index (χ1n) is 11.7. The van der Waals surface area contributed by atoms with Gasteiger partial charge in [0, 0.05) is 42.0 Å². The summed E-state index contributed by atoms with van der Waals surface area (Å²) in [4.78, 5) is 33.0. The summed E-state index contributed by atoms with van der Waals surface area (Å²) in [5, 5.41) is 5.78. The highest BCUT2D eigenvalue weighted by atomic mass is 19.4. The highest BCUT2D eigenvalue weighted by molar-refractivity contribution is 5.90. The highest BCUT2D eigenvalue weighted by Crippen LogP contribution is 2.36. The quantitative estimate of drug-likeness (QED) is 0.265. The van der Waals surface area contributed by atoms with Crippen molar-refractivity contribution in [3.63, 3.8) is 0 Å². The average molecular weight is 548 g/mol. The Hall–Kier alpha value is -4.35. The van der Waals surface area contributed by atoms with Crippen molar-refractivity contribution in [3.8, 4) is 0 Å². The predicted molar refractivity (Wildman–Crippen MR) is 130 cm³/mol. The Morgan fingerprint density at radius 2 is 1.56 bits per heavy atom. The molecular formula is C27H22F6N4O2. The summed E-state index contributed by atoms with van der Waals surface area (Å²) in [5.41, 5.74) is -1.44. The third-order valence-corrected chi connectivity index (χ3v) is 5.93. The van der Waals surface area contributed by atoms with Crippen LogP contribution in [0.2, 0.25) is 0 Å². The number of amides is 2. The summed E-state index contributed by atoms with van der Waals surface area (Å²) in [6.45, 7) is -0.619. The standard InChI is InChI=1S/C27H22F6N4O2/c28-26(29,30)18-9-16(10-19(12-18)27(31,32)33)14-36-25(39)23(37-24(38)13-20-5-3-4-8-34-20)11-17-15-35-22-7-2-1-6-21(17)22/h1-10,12,15,23,35H,11,13-14H2,(H,36,39)(H,37,38). The fourth-order valence-corrected chi connectivity index (χ4v) is 4.08. The molecule has 1 atom stereocenters. The molecule has 4 aromatic rings. The van der Waals surface area contributed by atoms with Crippen LogP contribution in [-0.2, 0) is 41.3 Å². The number of fused-ring (bicyclic) bond motifs is 1. The third kappa shape index (κ3) is 7.15. The molecule has 0 radical (unpaired) electrons. The fourth-order valence-electron chi connectivity index (χ4n) is 4.08. The van der Waals surface area contributed by atoms with Gasteiger partial charge in [0.15, 0.2) is 0 Å². The van der Waals surface area contributed by atoms with E-state index in [0.717, 1.165) is 10.9 Å². The number of nitrogens with one attached hydrogen (secondary N) is 3. The Bertz CT molecular complexity index is 1430. The molecular weight excluding hydrogens is 526 g/mol. The van der Waals surface area contributed by atoms with Crippen LogP contribution in [0.4, 0.5) is 26.3 Å². The van der Waals surface area contributed by atoms with Gasteiger partial charge in [-0.1, -0.05) is 24.3 Å². The second kappa shape index (κ2) is 11.2. The van der Waals surface area contributed by atoms with Crippen LogP contribution < -0.4 is 10.6 Å². The molecule has 0 saturated heterocycles. The first-order chi connectivity index (χ1) is 18.4. The van der Waals surface area contributed by atoms with E-state index in [1.807, 2.05) is 18.2 Å². The number of para-hydroxylation sites is 1. The maximum Gasteiger partial charge on any atom is 0.416 e. The molecule has 0 aliphatic heterocycles. The van der Waals surface area contributed by atoms with Gasteiger partial charge in [0.25, 0.3) is 0 Å². The van der Waals surface area contributed by atoms with Gasteiger partial charge in [-0.25, -0.2) is 0 Å². The smallest absolute Gasteiger partial charge is 0.361 e. The van der Waals surface area contributed by atoms with Crippen molar-refractivity contribution in [1.82, 2.24) is 20.6 Å². The molecule has 0 saturated carbocycles. The van der Waals surface area contributed by atoms with E-state index in [1.54, 1.807) is 30.5 Å². The molecule has 0 aliphatic rings. The summed E-state index contributed by atoms with van der Waals surface area (Å²) in [6.07, 6.45) is -6.99. The molecule has 204 valence electrons. The molecule has 2 heterocycles. The number of H-pyrrole nitrogens is 1. The summed E-state index contributed by atoms with van der Waals surface area (Å²) >= 11 is 0. The van der Waals surface area contributed by atoms with Gasteiger partial charge in [0.2, 0.25) is 11.8 Å². The first-order valence-corrected chi connectivity index (χ1v) is 11.7. The Morgan fingerprint density at radius 1 is 0.897 bits per heavy atom. The summed E-state index contributed by atoms with van der Waals surface area (Å²) < 4.78 is 79.3. The average Bonchev–Trinajstić information content (AvgIpc) is 3.29. The van der Waals surface area contributed by atoms with Crippen molar-refractivity contribution in [1.29, 1.82) is 0 Å². The molecule has 6 nitrogen and oxygen atoms in total. The normalized spacial score (nSPS) is 12.8. The van der Waals surface area contributed by atoms with E-state index in [0.29, 0.717) is 23.4 Å². The molecule has 1 unspecified atom stereocenters. The Morgan fingerprint density at radius 3 is 2.21 bits per heavy atom. The second-order valence-corrected chi connectivity index (χ2v) is 8.81. The first kappa shape index (κ1) is 27.7. The zero-order chi connectivity index (χ0) is 28.2. The number of aromatic nitrogens is 2. The number of halogens is 6. The van der Waals surface area contributed by atoms with Crippen LogP contribution in [0.3, 0.4) is 0 Å². The van der Waals surface area contributed by atoms with Gasteiger partial charge in [-0.2, -0.15) is 26.3 Å². The van der Waals surface area contributed by atoms with Gasteiger partial charge in [-0.3, -0.25) is 14.6 Å². The second-order valence-electron chi connectivity index (χ2n) is 8.81. The largest absolute Gasteiger partial charge is 0.416 e. The van der Waals surface area contributed by atoms with Gasteiger partial charge in [-0.05, 0) is 47.5 Å². The van der Waals surface area contributed by atoms with E-state index >= 15 is 0 Å². The van der Waals surface area contributed by atoms with Crippen LogP contribution >= 0.6 is 0 Å². The number of aromatic amines is 1. The number of carbonyl (C=O) groups is 2. The molecule has 3 N–H and O–H groups in total. The summed E-state index contributed by atoms with van der Waals surface area (Å²) in [5.74, 6) is -1.31. The number of pyridine rings is 1. The molecule has 0 fully saturated rings. The van der Waals surface area contributed by atoms with Crippen molar-refractivity contribution < 1.29 is 35.9 Å². The number of rotatable bonds is 8. The van der Waals surface area contributed by atoms with E-state index < -0.39 is 53.4 Å². The number of hydrogen-bond donors (Lipinski definition) is 3. The van der Waals surface area contributed by atoms with Gasteiger partial charge in [0.05, 0.1) is 17.5 Å². The zero-order valence-electron chi connectivity index (χ0n) is 20.2. The Balaban J connectivity index is 1.55. The number of alkyl halides is 6. The lowest BCUT2D eigenvalue weighted by Crippen LogP contribution is -2.48. The van der Waals surface area contributed by atoms with Crippen LogP contribution in [0.25, 0.3) is 10.9 Å². The Kier molecular flexibility index (Phi) is 7.93. The summed E-state index contributed by atoms with van der Waals surface area (Å²) in [6, 6.07) is 12.2. The number of nitrogens with zero attached hydrogens (tertiary/aromatic N) is 1. The van der Waals surface area contributed by atoms with Gasteiger partial charge < -0.3 is 15.6 Å². The van der Waals surface area contributed by atoms with Gasteiger partial charge >= 0.3 is 12.4 Å². The minimum Gasteiger partial charge on any atom is -0.361 e. The van der Waals surface area contributed by atoms with Crippen molar-refractivity contribution in [2.75, 3.05) is 0 Å². The van der Waals surface area contributed by atoms with Crippen LogP contribution in [0.5, 0.6) is 0 Å². The minimum absolute atomic E-state index is 0.0141. The fraction of sp³-hybridized carbons (Fsp3) is 0.222. The lowest BCUT2D eigenvalue weighted by Gasteiger charge is -2.19. The van der Waals surface area contributed by atoms with E-state index in [2.05, 4.69) is 20.6 Å². The van der Waals surface area contributed by atoms with E-state index in [1.165, 1.54) is 6.20 Å². The monoisotopic (exact) mass is 548 g/mol. The van der Waals surface area contributed by atoms with Crippen molar-refractivity contribution in [3.05, 3.63) is 101 Å². The van der Waals surface area contributed by atoms with Gasteiger partial charge in [0.1, 0.15) is 6.04 Å². The van der Waals surface area contributed by atoms with Crippen LogP contribution in [-0.4, -0.2) is 27.8 Å². The van der Waals surface area contributed by atoms with Crippen LogP contribution in [0, 0.1) is 0 Å². The molecule has 0 spiro atoms. The molecule has 0 aliphatic carbocycles. The maximum atomic E-state index is 13.2. The van der Waals surface area contributed by atoms with E-state index in [4.69, 9.17) is 0 Å².